The Morgan fingerprint density at radius 3 is 2.50 bits per heavy atom. The number of halogens is 2. The van der Waals surface area contributed by atoms with Gasteiger partial charge in [0.25, 0.3) is 0 Å². The summed E-state index contributed by atoms with van der Waals surface area (Å²) in [6, 6.07) is 4.87. The standard InChI is InChI=1S/C17H26Cl2N2O2S/c1-13-8-14(2)11-21(10-13)7-3-6-20-24(22,23)12-15-4-5-16(18)9-17(15)19/h4-5,9,13-14,20H,3,6-8,10-12H2,1-2H3/t13-,14-/m1/s1. The molecular formula is C17H26Cl2N2O2S. The molecule has 1 aliphatic heterocycles. The quantitative estimate of drug-likeness (QED) is 0.718. The number of rotatable bonds is 7. The van der Waals surface area contributed by atoms with Crippen LogP contribution in [0.25, 0.3) is 0 Å². The zero-order chi connectivity index (χ0) is 17.7. The Balaban J connectivity index is 1.76. The Bertz CT molecular complexity index is 642. The van der Waals surface area contributed by atoms with Crippen LogP contribution in [-0.2, 0) is 15.8 Å². The molecule has 7 heteroatoms. The number of benzene rings is 1. The molecule has 1 aromatic rings. The van der Waals surface area contributed by atoms with E-state index < -0.39 is 10.0 Å². The zero-order valence-electron chi connectivity index (χ0n) is 14.3. The number of piperidine rings is 1. The Hall–Kier alpha value is -0.330. The second-order valence-corrected chi connectivity index (χ2v) is 9.60. The minimum absolute atomic E-state index is 0.124. The van der Waals surface area contributed by atoms with Gasteiger partial charge in [0.2, 0.25) is 10.0 Å². The van der Waals surface area contributed by atoms with Gasteiger partial charge in [-0.3, -0.25) is 0 Å². The van der Waals surface area contributed by atoms with Gasteiger partial charge in [0, 0.05) is 29.7 Å². The summed E-state index contributed by atoms with van der Waals surface area (Å²) >= 11 is 11.9. The van der Waals surface area contributed by atoms with Crippen molar-refractivity contribution in [1.29, 1.82) is 0 Å². The van der Waals surface area contributed by atoms with Crippen LogP contribution in [0.4, 0.5) is 0 Å². The van der Waals surface area contributed by atoms with Crippen molar-refractivity contribution in [3.05, 3.63) is 33.8 Å². The van der Waals surface area contributed by atoms with Crippen LogP contribution >= 0.6 is 23.2 Å². The maximum Gasteiger partial charge on any atom is 0.215 e. The van der Waals surface area contributed by atoms with Gasteiger partial charge in [0.1, 0.15) is 0 Å². The molecule has 0 unspecified atom stereocenters. The van der Waals surface area contributed by atoms with E-state index in [1.54, 1.807) is 18.2 Å². The molecular weight excluding hydrogens is 367 g/mol. The van der Waals surface area contributed by atoms with E-state index in [0.717, 1.165) is 37.9 Å². The summed E-state index contributed by atoms with van der Waals surface area (Å²) in [4.78, 5) is 2.43. The molecule has 1 heterocycles. The molecule has 0 spiro atoms. The van der Waals surface area contributed by atoms with Crippen molar-refractivity contribution in [1.82, 2.24) is 9.62 Å². The van der Waals surface area contributed by atoms with Crippen molar-refractivity contribution >= 4 is 33.2 Å². The summed E-state index contributed by atoms with van der Waals surface area (Å²) in [6.07, 6.45) is 2.10. The highest BCUT2D eigenvalue weighted by Gasteiger charge is 2.21. The van der Waals surface area contributed by atoms with Crippen molar-refractivity contribution in [3.8, 4) is 0 Å². The van der Waals surface area contributed by atoms with Crippen LogP contribution in [0.2, 0.25) is 10.0 Å². The average molecular weight is 393 g/mol. The minimum Gasteiger partial charge on any atom is -0.303 e. The summed E-state index contributed by atoms with van der Waals surface area (Å²) in [5, 5.41) is 0.878. The van der Waals surface area contributed by atoms with Gasteiger partial charge < -0.3 is 4.90 Å². The number of nitrogens with zero attached hydrogens (tertiary/aromatic N) is 1. The van der Waals surface area contributed by atoms with E-state index in [1.807, 2.05) is 0 Å². The highest BCUT2D eigenvalue weighted by atomic mass is 35.5. The molecule has 0 aliphatic carbocycles. The van der Waals surface area contributed by atoms with Gasteiger partial charge >= 0.3 is 0 Å². The van der Waals surface area contributed by atoms with E-state index in [0.29, 0.717) is 22.2 Å². The molecule has 0 aromatic heterocycles. The van der Waals surface area contributed by atoms with Crippen molar-refractivity contribution < 1.29 is 8.42 Å². The molecule has 4 nitrogen and oxygen atoms in total. The van der Waals surface area contributed by atoms with Gasteiger partial charge in [-0.05, 0) is 48.9 Å². The van der Waals surface area contributed by atoms with Crippen molar-refractivity contribution in [2.24, 2.45) is 11.8 Å². The smallest absolute Gasteiger partial charge is 0.215 e. The molecule has 1 saturated heterocycles. The molecule has 1 fully saturated rings. The van der Waals surface area contributed by atoms with Gasteiger partial charge in [0.05, 0.1) is 5.75 Å². The fourth-order valence-corrected chi connectivity index (χ4v) is 5.17. The minimum atomic E-state index is -3.39. The van der Waals surface area contributed by atoms with Crippen LogP contribution in [0.3, 0.4) is 0 Å². The predicted octanol–water partition coefficient (Wildman–Crippen LogP) is 3.78. The van der Waals surface area contributed by atoms with Gasteiger partial charge in [0.15, 0.2) is 0 Å². The van der Waals surface area contributed by atoms with Crippen LogP contribution in [-0.4, -0.2) is 39.5 Å². The third-order valence-corrected chi connectivity index (χ3v) is 6.20. The number of nitrogens with one attached hydrogen (secondary N) is 1. The first-order chi connectivity index (χ1) is 11.2. The van der Waals surface area contributed by atoms with E-state index in [-0.39, 0.29) is 5.75 Å². The van der Waals surface area contributed by atoms with Crippen LogP contribution in [0.1, 0.15) is 32.3 Å². The third kappa shape index (κ3) is 6.52. The summed E-state index contributed by atoms with van der Waals surface area (Å²) in [6.45, 7) is 8.16. The summed E-state index contributed by atoms with van der Waals surface area (Å²) < 4.78 is 27.0. The van der Waals surface area contributed by atoms with Crippen LogP contribution < -0.4 is 4.72 Å². The topological polar surface area (TPSA) is 49.4 Å². The fraction of sp³-hybridized carbons (Fsp3) is 0.647. The largest absolute Gasteiger partial charge is 0.303 e. The molecule has 1 aromatic carbocycles. The van der Waals surface area contributed by atoms with Crippen LogP contribution in [0.5, 0.6) is 0 Å². The number of hydrogen-bond donors (Lipinski definition) is 1. The fourth-order valence-electron chi connectivity index (χ4n) is 3.40. The van der Waals surface area contributed by atoms with E-state index in [9.17, 15) is 8.42 Å². The lowest BCUT2D eigenvalue weighted by Crippen LogP contribution is -2.40. The number of hydrogen-bond acceptors (Lipinski definition) is 3. The maximum atomic E-state index is 12.2. The molecule has 24 heavy (non-hydrogen) atoms. The van der Waals surface area contributed by atoms with Crippen molar-refractivity contribution in [2.75, 3.05) is 26.2 Å². The van der Waals surface area contributed by atoms with Crippen molar-refractivity contribution in [2.45, 2.75) is 32.4 Å². The highest BCUT2D eigenvalue weighted by Crippen LogP contribution is 2.23. The first-order valence-electron chi connectivity index (χ1n) is 8.39. The SMILES string of the molecule is C[C@@H]1C[C@@H](C)CN(CCCNS(=O)(=O)Cc2ccc(Cl)cc2Cl)C1. The Kier molecular flexibility index (Phi) is 7.38. The molecule has 0 radical (unpaired) electrons. The van der Waals surface area contributed by atoms with Crippen molar-refractivity contribution in [3.63, 3.8) is 0 Å². The van der Waals surface area contributed by atoms with E-state index in [2.05, 4.69) is 23.5 Å². The van der Waals surface area contributed by atoms with Crippen LogP contribution in [0.15, 0.2) is 18.2 Å². The molecule has 0 bridgehead atoms. The normalized spacial score (nSPS) is 22.7. The Morgan fingerprint density at radius 1 is 1.21 bits per heavy atom. The second kappa shape index (κ2) is 8.86. The monoisotopic (exact) mass is 392 g/mol. The lowest BCUT2D eigenvalue weighted by molar-refractivity contribution is 0.140. The first kappa shape index (κ1) is 20.0. The molecule has 0 saturated carbocycles. The lowest BCUT2D eigenvalue weighted by Gasteiger charge is -2.34. The summed E-state index contributed by atoms with van der Waals surface area (Å²) in [5.74, 6) is 1.32. The second-order valence-electron chi connectivity index (χ2n) is 6.95. The molecule has 1 aliphatic rings. The maximum absolute atomic E-state index is 12.2. The van der Waals surface area contributed by atoms with Gasteiger partial charge in [-0.25, -0.2) is 13.1 Å². The molecule has 1 N–H and O–H groups in total. The van der Waals surface area contributed by atoms with E-state index in [4.69, 9.17) is 23.2 Å². The molecule has 2 rings (SSSR count). The molecule has 2 atom stereocenters. The molecule has 0 amide bonds. The number of likely N-dealkylation sites (tertiary alicyclic amines) is 1. The number of sulfonamides is 1. The average Bonchev–Trinajstić information content (AvgIpc) is 2.46. The summed E-state index contributed by atoms with van der Waals surface area (Å²) in [5.41, 5.74) is 0.562. The third-order valence-electron chi connectivity index (χ3n) is 4.28. The van der Waals surface area contributed by atoms with Gasteiger partial charge in [-0.15, -0.1) is 0 Å². The Labute approximate surface area is 155 Å². The lowest BCUT2D eigenvalue weighted by atomic mass is 9.92. The van der Waals surface area contributed by atoms with Gasteiger partial charge in [-0.2, -0.15) is 0 Å². The zero-order valence-corrected chi connectivity index (χ0v) is 16.6. The van der Waals surface area contributed by atoms with Gasteiger partial charge in [-0.1, -0.05) is 43.1 Å². The molecule has 136 valence electrons. The first-order valence-corrected chi connectivity index (χ1v) is 10.8. The van der Waals surface area contributed by atoms with E-state index >= 15 is 0 Å². The predicted molar refractivity (Wildman–Crippen MR) is 101 cm³/mol. The highest BCUT2D eigenvalue weighted by molar-refractivity contribution is 7.88. The van der Waals surface area contributed by atoms with E-state index in [1.165, 1.54) is 6.42 Å². The van der Waals surface area contributed by atoms with Crippen LogP contribution in [0, 0.1) is 11.8 Å². The Morgan fingerprint density at radius 2 is 1.88 bits per heavy atom. The summed E-state index contributed by atoms with van der Waals surface area (Å²) in [7, 11) is -3.39.